The predicted molar refractivity (Wildman–Crippen MR) is 53.2 cm³/mol. The van der Waals surface area contributed by atoms with Crippen molar-refractivity contribution in [3.8, 4) is 0 Å². The highest BCUT2D eigenvalue weighted by Crippen LogP contribution is 2.32. The van der Waals surface area contributed by atoms with E-state index in [1.54, 1.807) is 0 Å². The first kappa shape index (κ1) is 11.5. The molecule has 1 fully saturated rings. The van der Waals surface area contributed by atoms with Gasteiger partial charge >= 0.3 is 5.97 Å². The molecule has 0 aliphatic carbocycles. The minimum Gasteiger partial charge on any atom is -0.480 e. The molecular weight excluding hydrogens is 182 g/mol. The third kappa shape index (κ3) is 1.91. The monoisotopic (exact) mass is 201 g/mol. The Bertz CT molecular complexity index is 208. The molecule has 14 heavy (non-hydrogen) atoms. The molecule has 0 aromatic rings. The standard InChI is InChI=1S/C10H19NO3/c1-2-10(9(13)14)5-3-6-11(10)7-4-8-12/h12H,2-8H2,1H3,(H,13,14). The van der Waals surface area contributed by atoms with Crippen LogP contribution >= 0.6 is 0 Å². The third-order valence-electron chi connectivity index (χ3n) is 3.19. The number of aliphatic carboxylic acids is 1. The molecule has 0 amide bonds. The summed E-state index contributed by atoms with van der Waals surface area (Å²) in [6.07, 6.45) is 3.00. The molecule has 4 heteroatoms. The Kier molecular flexibility index (Phi) is 3.89. The average Bonchev–Trinajstić information content (AvgIpc) is 2.58. The molecule has 4 nitrogen and oxygen atoms in total. The van der Waals surface area contributed by atoms with Crippen molar-refractivity contribution in [1.29, 1.82) is 0 Å². The van der Waals surface area contributed by atoms with Crippen molar-refractivity contribution >= 4 is 5.97 Å². The SMILES string of the molecule is CCC1(C(=O)O)CCCN1CCCO. The number of nitrogens with zero attached hydrogens (tertiary/aromatic N) is 1. The second kappa shape index (κ2) is 4.75. The first-order valence-corrected chi connectivity index (χ1v) is 5.26. The molecule has 0 aromatic heterocycles. The molecule has 1 rings (SSSR count). The van der Waals surface area contributed by atoms with E-state index in [1.807, 2.05) is 11.8 Å². The Morgan fingerprint density at radius 1 is 1.57 bits per heavy atom. The minimum atomic E-state index is -0.713. The van der Waals surface area contributed by atoms with Gasteiger partial charge in [-0.1, -0.05) is 6.92 Å². The van der Waals surface area contributed by atoms with Crippen LogP contribution in [0.4, 0.5) is 0 Å². The number of aliphatic hydroxyl groups is 1. The molecule has 0 spiro atoms. The van der Waals surface area contributed by atoms with Crippen LogP contribution in [0.5, 0.6) is 0 Å². The van der Waals surface area contributed by atoms with Crippen molar-refractivity contribution in [2.24, 2.45) is 0 Å². The second-order valence-electron chi connectivity index (χ2n) is 3.86. The van der Waals surface area contributed by atoms with Crippen molar-refractivity contribution in [3.63, 3.8) is 0 Å². The highest BCUT2D eigenvalue weighted by Gasteiger charge is 2.45. The van der Waals surface area contributed by atoms with Crippen LogP contribution in [0.25, 0.3) is 0 Å². The quantitative estimate of drug-likeness (QED) is 0.687. The van der Waals surface area contributed by atoms with Gasteiger partial charge < -0.3 is 10.2 Å². The summed E-state index contributed by atoms with van der Waals surface area (Å²) in [4.78, 5) is 13.2. The molecule has 1 atom stereocenters. The van der Waals surface area contributed by atoms with Gasteiger partial charge in [0, 0.05) is 13.2 Å². The van der Waals surface area contributed by atoms with Crippen LogP contribution in [-0.4, -0.2) is 46.3 Å². The summed E-state index contributed by atoms with van der Waals surface area (Å²) in [6.45, 7) is 3.60. The molecule has 0 bridgehead atoms. The van der Waals surface area contributed by atoms with E-state index in [-0.39, 0.29) is 6.61 Å². The number of hydrogen-bond acceptors (Lipinski definition) is 3. The van der Waals surface area contributed by atoms with E-state index in [1.165, 1.54) is 0 Å². The summed E-state index contributed by atoms with van der Waals surface area (Å²) in [6, 6.07) is 0. The zero-order valence-electron chi connectivity index (χ0n) is 8.70. The first-order chi connectivity index (χ1) is 6.67. The Morgan fingerprint density at radius 2 is 2.29 bits per heavy atom. The van der Waals surface area contributed by atoms with Crippen LogP contribution in [0.2, 0.25) is 0 Å². The van der Waals surface area contributed by atoms with Gasteiger partial charge in [-0.3, -0.25) is 9.69 Å². The van der Waals surface area contributed by atoms with Crippen LogP contribution in [0.3, 0.4) is 0 Å². The molecule has 82 valence electrons. The molecule has 1 unspecified atom stereocenters. The largest absolute Gasteiger partial charge is 0.480 e. The van der Waals surface area contributed by atoms with Gasteiger partial charge in [-0.15, -0.1) is 0 Å². The fourth-order valence-electron chi connectivity index (χ4n) is 2.32. The lowest BCUT2D eigenvalue weighted by atomic mass is 9.93. The zero-order valence-corrected chi connectivity index (χ0v) is 8.70. The maximum absolute atomic E-state index is 11.2. The van der Waals surface area contributed by atoms with E-state index >= 15 is 0 Å². The second-order valence-corrected chi connectivity index (χ2v) is 3.86. The van der Waals surface area contributed by atoms with Crippen molar-refractivity contribution in [1.82, 2.24) is 4.90 Å². The molecule has 2 N–H and O–H groups in total. The maximum Gasteiger partial charge on any atom is 0.324 e. The third-order valence-corrected chi connectivity index (χ3v) is 3.19. The number of carboxylic acid groups (broad SMARTS) is 1. The number of carboxylic acids is 1. The van der Waals surface area contributed by atoms with Gasteiger partial charge in [0.1, 0.15) is 5.54 Å². The van der Waals surface area contributed by atoms with E-state index in [0.29, 0.717) is 19.4 Å². The van der Waals surface area contributed by atoms with Gasteiger partial charge in [-0.25, -0.2) is 0 Å². The van der Waals surface area contributed by atoms with Crippen LogP contribution in [0.1, 0.15) is 32.6 Å². The number of rotatable bonds is 5. The lowest BCUT2D eigenvalue weighted by molar-refractivity contribution is -0.150. The summed E-state index contributed by atoms with van der Waals surface area (Å²) in [5, 5.41) is 18.0. The van der Waals surface area contributed by atoms with Crippen molar-refractivity contribution < 1.29 is 15.0 Å². The summed E-state index contributed by atoms with van der Waals surface area (Å²) < 4.78 is 0. The van der Waals surface area contributed by atoms with Crippen molar-refractivity contribution in [2.75, 3.05) is 19.7 Å². The number of hydrogen-bond donors (Lipinski definition) is 2. The van der Waals surface area contributed by atoms with Crippen molar-refractivity contribution in [2.45, 2.75) is 38.1 Å². The van der Waals surface area contributed by atoms with Crippen LogP contribution in [0.15, 0.2) is 0 Å². The Morgan fingerprint density at radius 3 is 2.79 bits per heavy atom. The Balaban J connectivity index is 2.67. The summed E-state index contributed by atoms with van der Waals surface area (Å²) in [7, 11) is 0. The molecule has 1 aliphatic heterocycles. The minimum absolute atomic E-state index is 0.135. The lowest BCUT2D eigenvalue weighted by Gasteiger charge is -2.33. The summed E-state index contributed by atoms with van der Waals surface area (Å²) in [5.41, 5.74) is -0.658. The van der Waals surface area contributed by atoms with E-state index < -0.39 is 11.5 Å². The van der Waals surface area contributed by atoms with Crippen LogP contribution in [0, 0.1) is 0 Å². The highest BCUT2D eigenvalue weighted by atomic mass is 16.4. The van der Waals surface area contributed by atoms with Gasteiger partial charge in [0.05, 0.1) is 0 Å². The Labute approximate surface area is 84.5 Å². The molecule has 1 heterocycles. The summed E-state index contributed by atoms with van der Waals surface area (Å²) >= 11 is 0. The van der Waals surface area contributed by atoms with Gasteiger partial charge in [0.15, 0.2) is 0 Å². The van der Waals surface area contributed by atoms with E-state index in [2.05, 4.69) is 0 Å². The average molecular weight is 201 g/mol. The van der Waals surface area contributed by atoms with Gasteiger partial charge in [-0.2, -0.15) is 0 Å². The summed E-state index contributed by atoms with van der Waals surface area (Å²) in [5.74, 6) is -0.713. The lowest BCUT2D eigenvalue weighted by Crippen LogP contribution is -2.50. The number of likely N-dealkylation sites (tertiary alicyclic amines) is 1. The normalized spacial score (nSPS) is 28.1. The number of carbonyl (C=O) groups is 1. The zero-order chi connectivity index (χ0) is 10.6. The maximum atomic E-state index is 11.2. The molecule has 0 radical (unpaired) electrons. The van der Waals surface area contributed by atoms with Gasteiger partial charge in [0.2, 0.25) is 0 Å². The van der Waals surface area contributed by atoms with E-state index in [0.717, 1.165) is 19.4 Å². The molecule has 0 aromatic carbocycles. The topological polar surface area (TPSA) is 60.8 Å². The fraction of sp³-hybridized carbons (Fsp3) is 0.900. The molecular formula is C10H19NO3. The van der Waals surface area contributed by atoms with Gasteiger partial charge in [0.25, 0.3) is 0 Å². The van der Waals surface area contributed by atoms with E-state index in [4.69, 9.17) is 5.11 Å². The fourth-order valence-corrected chi connectivity index (χ4v) is 2.32. The Hall–Kier alpha value is -0.610. The van der Waals surface area contributed by atoms with Gasteiger partial charge in [-0.05, 0) is 32.2 Å². The van der Waals surface area contributed by atoms with Crippen LogP contribution < -0.4 is 0 Å². The molecule has 0 saturated carbocycles. The van der Waals surface area contributed by atoms with Crippen LogP contribution in [-0.2, 0) is 4.79 Å². The predicted octanol–water partition coefficient (Wildman–Crippen LogP) is 0.698. The number of aliphatic hydroxyl groups excluding tert-OH is 1. The van der Waals surface area contributed by atoms with E-state index in [9.17, 15) is 9.90 Å². The molecule has 1 saturated heterocycles. The van der Waals surface area contributed by atoms with Crippen molar-refractivity contribution in [3.05, 3.63) is 0 Å². The highest BCUT2D eigenvalue weighted by molar-refractivity contribution is 5.79. The smallest absolute Gasteiger partial charge is 0.324 e. The first-order valence-electron chi connectivity index (χ1n) is 5.26. The molecule has 1 aliphatic rings.